The number of likely N-dealkylation sites (tertiary alicyclic amines) is 1. The van der Waals surface area contributed by atoms with Crippen LogP contribution >= 0.6 is 24.2 Å². The summed E-state index contributed by atoms with van der Waals surface area (Å²) in [6.45, 7) is 2.53. The Morgan fingerprint density at radius 3 is 2.17 bits per heavy atom. The van der Waals surface area contributed by atoms with E-state index >= 15 is 0 Å². The van der Waals surface area contributed by atoms with Crippen molar-refractivity contribution in [2.45, 2.75) is 35.0 Å². The van der Waals surface area contributed by atoms with Crippen LogP contribution in [0.2, 0.25) is 0 Å². The molecule has 2 aliphatic heterocycles. The van der Waals surface area contributed by atoms with Gasteiger partial charge < -0.3 is 10.4 Å². The molecule has 0 radical (unpaired) electrons. The van der Waals surface area contributed by atoms with Crippen molar-refractivity contribution in [1.82, 2.24) is 4.90 Å². The third kappa shape index (κ3) is 3.80. The summed E-state index contributed by atoms with van der Waals surface area (Å²) < 4.78 is 0. The monoisotopic (exact) mass is 363 g/mol. The van der Waals surface area contributed by atoms with Gasteiger partial charge in [0.1, 0.15) is 0 Å². The first kappa shape index (κ1) is 19.3. The number of hydrogen-bond donors (Lipinski definition) is 0. The van der Waals surface area contributed by atoms with E-state index in [-0.39, 0.29) is 17.9 Å². The quantitative estimate of drug-likeness (QED) is 0.780. The van der Waals surface area contributed by atoms with Crippen LogP contribution in [0.3, 0.4) is 0 Å². The second-order valence-electron chi connectivity index (χ2n) is 6.74. The summed E-state index contributed by atoms with van der Waals surface area (Å²) in [7, 11) is 2.27. The fourth-order valence-corrected chi connectivity index (χ4v) is 5.25. The minimum atomic E-state index is 0. The summed E-state index contributed by atoms with van der Waals surface area (Å²) in [6.07, 6.45) is 4.03. The Hall–Kier alpha value is -1.00. The number of halogens is 1. The van der Waals surface area contributed by atoms with E-state index in [0.29, 0.717) is 5.92 Å². The summed E-state index contributed by atoms with van der Waals surface area (Å²) in [5.41, 5.74) is 3.08. The average molecular weight is 364 g/mol. The molecule has 0 amide bonds. The Kier molecular flexibility index (Phi) is 6.76. The van der Waals surface area contributed by atoms with E-state index in [1.165, 1.54) is 42.1 Å². The van der Waals surface area contributed by atoms with Gasteiger partial charge in [-0.2, -0.15) is 0 Å². The van der Waals surface area contributed by atoms with E-state index in [0.717, 1.165) is 5.92 Å². The van der Waals surface area contributed by atoms with Crippen LogP contribution in [0.25, 0.3) is 0 Å². The van der Waals surface area contributed by atoms with E-state index in [1.54, 1.807) is 11.1 Å². The molecule has 1 fully saturated rings. The molecule has 130 valence electrons. The topological polar surface area (TPSA) is 34.7 Å². The van der Waals surface area contributed by atoms with Crippen molar-refractivity contribution in [1.29, 1.82) is 0 Å². The molecule has 1 unspecified atom stereocenters. The van der Waals surface area contributed by atoms with Crippen LogP contribution in [0, 0.1) is 5.92 Å². The van der Waals surface area contributed by atoms with Gasteiger partial charge in [0.25, 0.3) is 0 Å². The molecule has 2 aliphatic rings. The largest absolute Gasteiger partial charge is 0.412 e. The van der Waals surface area contributed by atoms with Crippen LogP contribution in [0.1, 0.15) is 36.3 Å². The molecule has 2 aromatic rings. The lowest BCUT2D eigenvalue weighted by atomic mass is 9.80. The predicted octanol–water partition coefficient (Wildman–Crippen LogP) is 4.61. The lowest BCUT2D eigenvalue weighted by Gasteiger charge is -2.35. The van der Waals surface area contributed by atoms with Gasteiger partial charge in [-0.15, -0.1) is 12.4 Å². The first-order valence-electron chi connectivity index (χ1n) is 8.35. The van der Waals surface area contributed by atoms with Crippen LogP contribution in [-0.4, -0.2) is 30.5 Å². The van der Waals surface area contributed by atoms with E-state index < -0.39 is 0 Å². The highest BCUT2D eigenvalue weighted by atomic mass is 35.5. The second kappa shape index (κ2) is 8.39. The Morgan fingerprint density at radius 1 is 1.00 bits per heavy atom. The highest BCUT2D eigenvalue weighted by molar-refractivity contribution is 7.99. The van der Waals surface area contributed by atoms with Gasteiger partial charge in [-0.1, -0.05) is 48.2 Å². The van der Waals surface area contributed by atoms with Crippen LogP contribution < -0.4 is 0 Å². The van der Waals surface area contributed by atoms with Crippen LogP contribution in [0.5, 0.6) is 0 Å². The van der Waals surface area contributed by atoms with Crippen molar-refractivity contribution < 1.29 is 5.48 Å². The van der Waals surface area contributed by atoms with E-state index in [2.05, 4.69) is 60.5 Å². The minimum absolute atomic E-state index is 0. The molecule has 2 heterocycles. The summed E-state index contributed by atoms with van der Waals surface area (Å²) in [5.74, 6) is 1.40. The average Bonchev–Trinajstić information content (AvgIpc) is 2.55. The van der Waals surface area contributed by atoms with Gasteiger partial charge in [0.2, 0.25) is 0 Å². The van der Waals surface area contributed by atoms with Crippen molar-refractivity contribution in [2.24, 2.45) is 5.92 Å². The summed E-state index contributed by atoms with van der Waals surface area (Å²) >= 11 is 1.94. The zero-order chi connectivity index (χ0) is 14.9. The lowest BCUT2D eigenvalue weighted by Crippen LogP contribution is -2.33. The fourth-order valence-electron chi connectivity index (χ4n) is 4.06. The fraction of sp³-hybridized carbons (Fsp3) is 0.400. The standard InChI is InChI=1S/C20H23NS.ClH.H2O/c1-21-12-6-7-15(14-21)13-18-16-8-2-4-10-19(16)22-20-11-5-3-9-17(18)20;;/h2-5,8-11,15,18H,6-7,12-14H2,1H3;1H;1H2. The highest BCUT2D eigenvalue weighted by Gasteiger charge is 2.29. The van der Waals surface area contributed by atoms with E-state index in [9.17, 15) is 0 Å². The Bertz CT molecular complexity index is 633. The van der Waals surface area contributed by atoms with E-state index in [4.69, 9.17) is 0 Å². The molecule has 2 aromatic carbocycles. The number of rotatable bonds is 2. The SMILES string of the molecule is CN1CCCC(CC2c3ccccc3Sc3ccccc32)C1.Cl.O. The van der Waals surface area contributed by atoms with Crippen molar-refractivity contribution in [2.75, 3.05) is 20.1 Å². The summed E-state index contributed by atoms with van der Waals surface area (Å²) in [6, 6.07) is 18.0. The van der Waals surface area contributed by atoms with Gasteiger partial charge in [0.05, 0.1) is 0 Å². The molecule has 1 saturated heterocycles. The number of piperidine rings is 1. The smallest absolute Gasteiger partial charge is 0.0160 e. The van der Waals surface area contributed by atoms with Crippen molar-refractivity contribution in [3.8, 4) is 0 Å². The molecule has 2 N–H and O–H groups in total. The van der Waals surface area contributed by atoms with Gasteiger partial charge >= 0.3 is 0 Å². The van der Waals surface area contributed by atoms with Crippen molar-refractivity contribution >= 4 is 24.2 Å². The van der Waals surface area contributed by atoms with Crippen LogP contribution in [-0.2, 0) is 0 Å². The molecule has 4 heteroatoms. The van der Waals surface area contributed by atoms with Gasteiger partial charge in [0.15, 0.2) is 0 Å². The van der Waals surface area contributed by atoms with Gasteiger partial charge in [0, 0.05) is 22.3 Å². The third-order valence-electron chi connectivity index (χ3n) is 5.10. The molecular formula is C20H26ClNOS. The number of fused-ring (bicyclic) bond motifs is 2. The van der Waals surface area contributed by atoms with Gasteiger partial charge in [-0.3, -0.25) is 0 Å². The maximum absolute atomic E-state index is 2.50. The Balaban J connectivity index is 0.00000104. The molecule has 0 saturated carbocycles. The summed E-state index contributed by atoms with van der Waals surface area (Å²) in [5, 5.41) is 0. The Labute approximate surface area is 155 Å². The first-order valence-corrected chi connectivity index (χ1v) is 9.17. The zero-order valence-corrected chi connectivity index (χ0v) is 15.7. The number of hydrogen-bond acceptors (Lipinski definition) is 2. The van der Waals surface area contributed by atoms with Gasteiger partial charge in [-0.25, -0.2) is 0 Å². The molecule has 0 bridgehead atoms. The Morgan fingerprint density at radius 2 is 1.58 bits per heavy atom. The maximum Gasteiger partial charge on any atom is 0.0160 e. The molecule has 2 nitrogen and oxygen atoms in total. The van der Waals surface area contributed by atoms with Crippen molar-refractivity contribution in [3.05, 3.63) is 59.7 Å². The minimum Gasteiger partial charge on any atom is -0.412 e. The van der Waals surface area contributed by atoms with Crippen molar-refractivity contribution in [3.63, 3.8) is 0 Å². The molecule has 0 aliphatic carbocycles. The lowest BCUT2D eigenvalue weighted by molar-refractivity contribution is 0.197. The predicted molar refractivity (Wildman–Crippen MR) is 105 cm³/mol. The van der Waals surface area contributed by atoms with Crippen LogP contribution in [0.4, 0.5) is 0 Å². The van der Waals surface area contributed by atoms with E-state index in [1.807, 2.05) is 11.8 Å². The van der Waals surface area contributed by atoms with Crippen LogP contribution in [0.15, 0.2) is 58.3 Å². The first-order chi connectivity index (χ1) is 10.8. The molecular weight excluding hydrogens is 338 g/mol. The zero-order valence-electron chi connectivity index (χ0n) is 14.1. The number of nitrogens with zero attached hydrogens (tertiary/aromatic N) is 1. The number of benzene rings is 2. The molecule has 0 aromatic heterocycles. The molecule has 4 rings (SSSR count). The summed E-state index contributed by atoms with van der Waals surface area (Å²) in [4.78, 5) is 5.41. The molecule has 0 spiro atoms. The molecule has 24 heavy (non-hydrogen) atoms. The third-order valence-corrected chi connectivity index (χ3v) is 6.28. The maximum atomic E-state index is 2.50. The highest BCUT2D eigenvalue weighted by Crippen LogP contribution is 2.48. The normalized spacial score (nSPS) is 20.3. The molecule has 1 atom stereocenters. The second-order valence-corrected chi connectivity index (χ2v) is 7.82. The van der Waals surface area contributed by atoms with Gasteiger partial charge in [-0.05, 0) is 62.0 Å².